The van der Waals surface area contributed by atoms with E-state index in [2.05, 4.69) is 5.32 Å². The standard InChI is InChI=1S/C21H26N2O6S/c1-5-28-21(25)13-16-6-8-17(9-7-16)22-20(24)14-29-19-11-10-18(12-15(19)2)30(26,27)23(3)4/h6-12H,5,13-14H2,1-4H3,(H,22,24). The maximum absolute atomic E-state index is 12.2. The number of carbonyl (C=O) groups is 2. The monoisotopic (exact) mass is 434 g/mol. The molecule has 0 aliphatic heterocycles. The summed E-state index contributed by atoms with van der Waals surface area (Å²) >= 11 is 0. The predicted octanol–water partition coefficient (Wildman–Crippen LogP) is 2.37. The second-order valence-corrected chi connectivity index (χ2v) is 8.88. The van der Waals surface area contributed by atoms with Gasteiger partial charge in [0.1, 0.15) is 5.75 Å². The first kappa shape index (κ1) is 23.4. The van der Waals surface area contributed by atoms with E-state index in [4.69, 9.17) is 9.47 Å². The molecule has 0 aromatic heterocycles. The second kappa shape index (κ2) is 10.2. The number of carbonyl (C=O) groups excluding carboxylic acids is 2. The molecule has 0 aliphatic rings. The van der Waals surface area contributed by atoms with Gasteiger partial charge >= 0.3 is 5.97 Å². The highest BCUT2D eigenvalue weighted by molar-refractivity contribution is 7.89. The van der Waals surface area contributed by atoms with E-state index < -0.39 is 10.0 Å². The lowest BCUT2D eigenvalue weighted by Gasteiger charge is -2.14. The zero-order chi connectivity index (χ0) is 22.3. The highest BCUT2D eigenvalue weighted by Crippen LogP contribution is 2.23. The van der Waals surface area contributed by atoms with Gasteiger partial charge in [0.25, 0.3) is 5.91 Å². The van der Waals surface area contributed by atoms with E-state index in [9.17, 15) is 18.0 Å². The van der Waals surface area contributed by atoms with Crippen LogP contribution in [0.1, 0.15) is 18.1 Å². The second-order valence-electron chi connectivity index (χ2n) is 6.73. The minimum absolute atomic E-state index is 0.157. The number of anilines is 1. The van der Waals surface area contributed by atoms with Gasteiger partial charge in [0, 0.05) is 19.8 Å². The zero-order valence-corrected chi connectivity index (χ0v) is 18.3. The Kier molecular flexibility index (Phi) is 7.96. The maximum Gasteiger partial charge on any atom is 0.310 e. The molecule has 2 aromatic rings. The van der Waals surface area contributed by atoms with Crippen molar-refractivity contribution in [3.63, 3.8) is 0 Å². The first-order valence-electron chi connectivity index (χ1n) is 9.34. The van der Waals surface area contributed by atoms with Crippen molar-refractivity contribution in [1.29, 1.82) is 0 Å². The average Bonchev–Trinajstić information content (AvgIpc) is 2.68. The molecule has 0 bridgehead atoms. The number of hydrogen-bond donors (Lipinski definition) is 1. The van der Waals surface area contributed by atoms with Gasteiger partial charge in [-0.05, 0) is 55.3 Å². The first-order valence-corrected chi connectivity index (χ1v) is 10.8. The van der Waals surface area contributed by atoms with Crippen molar-refractivity contribution in [3.05, 3.63) is 53.6 Å². The molecule has 0 saturated carbocycles. The Morgan fingerprint density at radius 3 is 2.30 bits per heavy atom. The van der Waals surface area contributed by atoms with Crippen molar-refractivity contribution in [3.8, 4) is 5.75 Å². The summed E-state index contributed by atoms with van der Waals surface area (Å²) in [5.74, 6) is -0.243. The van der Waals surface area contributed by atoms with Crippen LogP contribution in [-0.4, -0.2) is 51.9 Å². The third-order valence-corrected chi connectivity index (χ3v) is 5.99. The molecule has 1 N–H and O–H groups in total. The molecule has 8 nitrogen and oxygen atoms in total. The SMILES string of the molecule is CCOC(=O)Cc1ccc(NC(=O)COc2ccc(S(=O)(=O)N(C)C)cc2C)cc1. The molecule has 9 heteroatoms. The van der Waals surface area contributed by atoms with E-state index in [1.807, 2.05) is 0 Å². The fourth-order valence-electron chi connectivity index (χ4n) is 2.58. The van der Waals surface area contributed by atoms with Gasteiger partial charge in [-0.25, -0.2) is 12.7 Å². The van der Waals surface area contributed by atoms with Crippen LogP contribution >= 0.6 is 0 Å². The van der Waals surface area contributed by atoms with E-state index in [-0.39, 0.29) is 29.8 Å². The Bertz CT molecular complexity index is 1000. The van der Waals surface area contributed by atoms with Gasteiger partial charge in [-0.3, -0.25) is 9.59 Å². The number of nitrogens with zero attached hydrogens (tertiary/aromatic N) is 1. The number of esters is 1. The van der Waals surface area contributed by atoms with Gasteiger partial charge in [0.15, 0.2) is 6.61 Å². The molecule has 0 aliphatic carbocycles. The van der Waals surface area contributed by atoms with Crippen LogP contribution in [0.25, 0.3) is 0 Å². The van der Waals surface area contributed by atoms with Crippen LogP contribution in [0.15, 0.2) is 47.4 Å². The van der Waals surface area contributed by atoms with Crippen molar-refractivity contribution < 1.29 is 27.5 Å². The highest BCUT2D eigenvalue weighted by Gasteiger charge is 2.18. The molecule has 162 valence electrons. The Balaban J connectivity index is 1.92. The van der Waals surface area contributed by atoms with Crippen molar-refractivity contribution in [1.82, 2.24) is 4.31 Å². The number of hydrogen-bond acceptors (Lipinski definition) is 6. The van der Waals surface area contributed by atoms with Crippen LogP contribution in [-0.2, 0) is 30.8 Å². The number of nitrogens with one attached hydrogen (secondary N) is 1. The molecule has 0 radical (unpaired) electrons. The van der Waals surface area contributed by atoms with Gasteiger partial charge in [-0.15, -0.1) is 0 Å². The number of amides is 1. The minimum Gasteiger partial charge on any atom is -0.483 e. The summed E-state index contributed by atoms with van der Waals surface area (Å²) in [5.41, 5.74) is 1.96. The van der Waals surface area contributed by atoms with Gasteiger partial charge in [-0.2, -0.15) is 0 Å². The highest BCUT2D eigenvalue weighted by atomic mass is 32.2. The topological polar surface area (TPSA) is 102 Å². The number of ether oxygens (including phenoxy) is 2. The molecular weight excluding hydrogens is 408 g/mol. The van der Waals surface area contributed by atoms with E-state index in [0.29, 0.717) is 23.6 Å². The molecule has 0 heterocycles. The van der Waals surface area contributed by atoms with Gasteiger partial charge in [0.05, 0.1) is 17.9 Å². The normalized spacial score (nSPS) is 11.2. The molecule has 0 atom stereocenters. The number of aryl methyl sites for hydroxylation is 1. The lowest BCUT2D eigenvalue weighted by molar-refractivity contribution is -0.142. The third kappa shape index (κ3) is 6.30. The lowest BCUT2D eigenvalue weighted by Crippen LogP contribution is -2.22. The minimum atomic E-state index is -3.53. The lowest BCUT2D eigenvalue weighted by atomic mass is 10.1. The van der Waals surface area contributed by atoms with E-state index >= 15 is 0 Å². The zero-order valence-electron chi connectivity index (χ0n) is 17.5. The summed E-state index contributed by atoms with van der Waals surface area (Å²) in [6.07, 6.45) is 0.171. The Labute approximate surface area is 176 Å². The van der Waals surface area contributed by atoms with Crippen molar-refractivity contribution in [2.24, 2.45) is 0 Å². The Hall–Kier alpha value is -2.91. The van der Waals surface area contributed by atoms with Gasteiger partial charge in [-0.1, -0.05) is 12.1 Å². The van der Waals surface area contributed by atoms with Crippen LogP contribution in [0.4, 0.5) is 5.69 Å². The Morgan fingerprint density at radius 2 is 1.73 bits per heavy atom. The van der Waals surface area contributed by atoms with E-state index in [1.165, 1.54) is 32.3 Å². The van der Waals surface area contributed by atoms with Gasteiger partial charge < -0.3 is 14.8 Å². The summed E-state index contributed by atoms with van der Waals surface area (Å²) in [6.45, 7) is 3.57. The van der Waals surface area contributed by atoms with E-state index in [0.717, 1.165) is 9.87 Å². The number of sulfonamides is 1. The molecular formula is C21H26N2O6S. The molecule has 0 fully saturated rings. The van der Waals surface area contributed by atoms with Crippen molar-refractivity contribution >= 4 is 27.6 Å². The summed E-state index contributed by atoms with van der Waals surface area (Å²) < 4.78 is 35.9. The quantitative estimate of drug-likeness (QED) is 0.608. The summed E-state index contributed by atoms with van der Waals surface area (Å²) in [7, 11) is -0.611. The Morgan fingerprint density at radius 1 is 1.07 bits per heavy atom. The summed E-state index contributed by atoms with van der Waals surface area (Å²) in [6, 6.07) is 11.3. The van der Waals surface area contributed by atoms with Crippen LogP contribution in [0, 0.1) is 6.92 Å². The molecule has 2 aromatic carbocycles. The molecule has 30 heavy (non-hydrogen) atoms. The maximum atomic E-state index is 12.2. The van der Waals surface area contributed by atoms with Crippen molar-refractivity contribution in [2.45, 2.75) is 25.2 Å². The number of rotatable bonds is 9. The third-order valence-electron chi connectivity index (χ3n) is 4.18. The number of benzene rings is 2. The summed E-state index contributed by atoms with van der Waals surface area (Å²) in [5, 5.41) is 2.71. The van der Waals surface area contributed by atoms with Crippen LogP contribution < -0.4 is 10.1 Å². The smallest absolute Gasteiger partial charge is 0.310 e. The van der Waals surface area contributed by atoms with Crippen LogP contribution in [0.5, 0.6) is 5.75 Å². The van der Waals surface area contributed by atoms with Crippen LogP contribution in [0.3, 0.4) is 0 Å². The summed E-state index contributed by atoms with van der Waals surface area (Å²) in [4.78, 5) is 23.8. The largest absolute Gasteiger partial charge is 0.483 e. The predicted molar refractivity (Wildman–Crippen MR) is 113 cm³/mol. The fraction of sp³-hybridized carbons (Fsp3) is 0.333. The molecule has 0 saturated heterocycles. The molecule has 1 amide bonds. The van der Waals surface area contributed by atoms with E-state index in [1.54, 1.807) is 38.1 Å². The van der Waals surface area contributed by atoms with Crippen molar-refractivity contribution in [2.75, 3.05) is 32.6 Å². The average molecular weight is 435 g/mol. The van der Waals surface area contributed by atoms with Gasteiger partial charge in [0.2, 0.25) is 10.0 Å². The fourth-order valence-corrected chi connectivity index (χ4v) is 3.57. The van der Waals surface area contributed by atoms with Crippen LogP contribution in [0.2, 0.25) is 0 Å². The molecule has 0 unspecified atom stereocenters. The molecule has 0 spiro atoms. The molecule has 2 rings (SSSR count). The first-order chi connectivity index (χ1) is 14.1.